The van der Waals surface area contributed by atoms with Crippen molar-refractivity contribution in [1.29, 1.82) is 0 Å². The minimum absolute atomic E-state index is 0.0250. The Balaban J connectivity index is 1.81. The lowest BCUT2D eigenvalue weighted by molar-refractivity contribution is 0.269. The van der Waals surface area contributed by atoms with Crippen LogP contribution in [0.4, 0.5) is 11.8 Å². The van der Waals surface area contributed by atoms with E-state index in [4.69, 9.17) is 9.97 Å². The summed E-state index contributed by atoms with van der Waals surface area (Å²) in [4.78, 5) is 14.5. The van der Waals surface area contributed by atoms with Gasteiger partial charge >= 0.3 is 0 Å². The third kappa shape index (κ3) is 3.93. The highest BCUT2D eigenvalue weighted by molar-refractivity contribution is 5.46. The van der Waals surface area contributed by atoms with Gasteiger partial charge in [0.05, 0.1) is 11.7 Å². The summed E-state index contributed by atoms with van der Waals surface area (Å²) in [5, 5.41) is 6.83. The third-order valence-electron chi connectivity index (χ3n) is 4.72. The molecule has 0 atom stereocenters. The summed E-state index contributed by atoms with van der Waals surface area (Å²) >= 11 is 0. The molecule has 6 nitrogen and oxygen atoms in total. The number of hydrogen-bond donors (Lipinski definition) is 2. The molecule has 0 aliphatic carbocycles. The van der Waals surface area contributed by atoms with E-state index < -0.39 is 0 Å². The average Bonchev–Trinajstić information content (AvgIpc) is 2.50. The highest BCUT2D eigenvalue weighted by atomic mass is 15.3. The number of nitrogens with zero attached hydrogens (tertiary/aromatic N) is 4. The van der Waals surface area contributed by atoms with Crippen molar-refractivity contribution in [3.05, 3.63) is 11.8 Å². The normalized spacial score (nSPS) is 20.4. The molecule has 0 spiro atoms. The minimum Gasteiger partial charge on any atom is -0.365 e. The Morgan fingerprint density at radius 1 is 1.17 bits per heavy atom. The Kier molecular flexibility index (Phi) is 4.73. The number of anilines is 2. The van der Waals surface area contributed by atoms with Gasteiger partial charge < -0.3 is 20.4 Å². The van der Waals surface area contributed by atoms with Crippen molar-refractivity contribution in [2.75, 3.05) is 56.0 Å². The van der Waals surface area contributed by atoms with Crippen molar-refractivity contribution in [2.24, 2.45) is 0 Å². The molecular weight excluding hydrogens is 288 g/mol. The van der Waals surface area contributed by atoms with Crippen LogP contribution >= 0.6 is 0 Å². The summed E-state index contributed by atoms with van der Waals surface area (Å²) in [5.74, 6) is 1.84. The Morgan fingerprint density at radius 3 is 2.39 bits per heavy atom. The van der Waals surface area contributed by atoms with Gasteiger partial charge in [0.25, 0.3) is 0 Å². The van der Waals surface area contributed by atoms with Crippen LogP contribution in [0.3, 0.4) is 0 Å². The first-order chi connectivity index (χ1) is 11.0. The molecule has 0 saturated carbocycles. The highest BCUT2D eigenvalue weighted by Gasteiger charge is 2.24. The number of aromatic nitrogens is 2. The molecule has 0 unspecified atom stereocenters. The zero-order valence-electron chi connectivity index (χ0n) is 14.9. The van der Waals surface area contributed by atoms with Gasteiger partial charge in [0.15, 0.2) is 0 Å². The Labute approximate surface area is 139 Å². The van der Waals surface area contributed by atoms with Gasteiger partial charge in [-0.3, -0.25) is 0 Å². The van der Waals surface area contributed by atoms with Crippen molar-refractivity contribution < 1.29 is 0 Å². The van der Waals surface area contributed by atoms with Crippen LogP contribution in [0.25, 0.3) is 0 Å². The minimum atomic E-state index is 0.0250. The molecule has 0 radical (unpaired) electrons. The molecule has 2 fully saturated rings. The lowest BCUT2D eigenvalue weighted by atomic mass is 9.92. The summed E-state index contributed by atoms with van der Waals surface area (Å²) in [6, 6.07) is 2.60. The fraction of sp³-hybridized carbons (Fsp3) is 0.765. The summed E-state index contributed by atoms with van der Waals surface area (Å²) < 4.78 is 0. The van der Waals surface area contributed by atoms with E-state index in [1.54, 1.807) is 0 Å². The van der Waals surface area contributed by atoms with Gasteiger partial charge in [-0.05, 0) is 6.54 Å². The van der Waals surface area contributed by atoms with Crippen LogP contribution in [0.2, 0.25) is 0 Å². The lowest BCUT2D eigenvalue weighted by Crippen LogP contribution is -2.51. The van der Waals surface area contributed by atoms with Gasteiger partial charge in [0, 0.05) is 50.7 Å². The maximum atomic E-state index is 4.87. The number of rotatable bonds is 4. The topological polar surface area (TPSA) is 56.3 Å². The third-order valence-corrected chi connectivity index (χ3v) is 4.72. The molecule has 1 aromatic rings. The molecule has 1 aromatic heterocycles. The Bertz CT molecular complexity index is 526. The summed E-state index contributed by atoms with van der Waals surface area (Å²) in [6.07, 6.45) is 0. The van der Waals surface area contributed by atoms with Gasteiger partial charge in [0.1, 0.15) is 5.82 Å². The van der Waals surface area contributed by atoms with E-state index in [0.717, 1.165) is 63.3 Å². The molecule has 23 heavy (non-hydrogen) atoms. The van der Waals surface area contributed by atoms with Gasteiger partial charge in [0.2, 0.25) is 5.95 Å². The zero-order valence-corrected chi connectivity index (χ0v) is 14.9. The first kappa shape index (κ1) is 16.5. The first-order valence-corrected chi connectivity index (χ1v) is 8.80. The molecule has 0 aromatic carbocycles. The van der Waals surface area contributed by atoms with Crippen molar-refractivity contribution in [3.8, 4) is 0 Å². The van der Waals surface area contributed by atoms with E-state index in [2.05, 4.69) is 54.2 Å². The second kappa shape index (κ2) is 6.61. The van der Waals surface area contributed by atoms with Crippen LogP contribution in [0.15, 0.2) is 6.07 Å². The number of likely N-dealkylation sites (N-methyl/N-ethyl adjacent to an activating group) is 1. The number of nitrogens with one attached hydrogen (secondary N) is 2. The maximum Gasteiger partial charge on any atom is 0.227 e. The van der Waals surface area contributed by atoms with Gasteiger partial charge in [-0.1, -0.05) is 27.7 Å². The van der Waals surface area contributed by atoms with Crippen molar-refractivity contribution in [1.82, 2.24) is 20.2 Å². The van der Waals surface area contributed by atoms with Crippen LogP contribution < -0.4 is 15.5 Å². The predicted molar refractivity (Wildman–Crippen MR) is 95.3 cm³/mol. The standard InChI is InChI=1S/C17H30N6/c1-5-22-6-8-23(9-7-22)16-20-14(17(2,3)4)10-15(21-16)19-13-11-18-12-13/h10,13,18H,5-9,11-12H2,1-4H3,(H,19,20,21). The maximum absolute atomic E-state index is 4.87. The van der Waals surface area contributed by atoms with Crippen LogP contribution in [0.1, 0.15) is 33.4 Å². The molecule has 2 saturated heterocycles. The monoisotopic (exact) mass is 318 g/mol. The Hall–Kier alpha value is -1.40. The SMILES string of the molecule is CCN1CCN(c2nc(NC3CNC3)cc(C(C)(C)C)n2)CC1. The van der Waals surface area contributed by atoms with Gasteiger partial charge in [-0.15, -0.1) is 0 Å². The van der Waals surface area contributed by atoms with Crippen LogP contribution in [0, 0.1) is 0 Å². The van der Waals surface area contributed by atoms with Crippen molar-refractivity contribution >= 4 is 11.8 Å². The number of piperazine rings is 1. The fourth-order valence-electron chi connectivity index (χ4n) is 2.90. The zero-order chi connectivity index (χ0) is 16.4. The summed E-state index contributed by atoms with van der Waals surface area (Å²) in [5.41, 5.74) is 1.13. The molecule has 2 N–H and O–H groups in total. The van der Waals surface area contributed by atoms with Crippen LogP contribution in [0.5, 0.6) is 0 Å². The second-order valence-corrected chi connectivity index (χ2v) is 7.61. The van der Waals surface area contributed by atoms with E-state index in [9.17, 15) is 0 Å². The lowest BCUT2D eigenvalue weighted by Gasteiger charge is -2.35. The summed E-state index contributed by atoms with van der Waals surface area (Å²) in [6.45, 7) is 16.2. The fourth-order valence-corrected chi connectivity index (χ4v) is 2.90. The van der Waals surface area contributed by atoms with Gasteiger partial charge in [-0.2, -0.15) is 4.98 Å². The molecule has 3 heterocycles. The highest BCUT2D eigenvalue weighted by Crippen LogP contribution is 2.25. The molecule has 6 heteroatoms. The van der Waals surface area contributed by atoms with E-state index in [-0.39, 0.29) is 5.41 Å². The molecular formula is C17H30N6. The molecule has 0 amide bonds. The van der Waals surface area contributed by atoms with Gasteiger partial charge in [-0.25, -0.2) is 4.98 Å². The van der Waals surface area contributed by atoms with Crippen LogP contribution in [-0.4, -0.2) is 66.7 Å². The smallest absolute Gasteiger partial charge is 0.227 e. The quantitative estimate of drug-likeness (QED) is 0.873. The van der Waals surface area contributed by atoms with E-state index in [1.165, 1.54) is 0 Å². The predicted octanol–water partition coefficient (Wildman–Crippen LogP) is 1.30. The van der Waals surface area contributed by atoms with E-state index >= 15 is 0 Å². The van der Waals surface area contributed by atoms with E-state index in [1.807, 2.05) is 0 Å². The van der Waals surface area contributed by atoms with Crippen LogP contribution in [-0.2, 0) is 5.41 Å². The number of hydrogen-bond acceptors (Lipinski definition) is 6. The Morgan fingerprint density at radius 2 is 1.87 bits per heavy atom. The molecule has 2 aliphatic heterocycles. The second-order valence-electron chi connectivity index (χ2n) is 7.61. The summed E-state index contributed by atoms with van der Waals surface area (Å²) in [7, 11) is 0. The van der Waals surface area contributed by atoms with Crippen molar-refractivity contribution in [3.63, 3.8) is 0 Å². The molecule has 2 aliphatic rings. The molecule has 128 valence electrons. The van der Waals surface area contributed by atoms with Crippen molar-refractivity contribution in [2.45, 2.75) is 39.2 Å². The first-order valence-electron chi connectivity index (χ1n) is 8.80. The average molecular weight is 318 g/mol. The molecule has 0 bridgehead atoms. The van der Waals surface area contributed by atoms with E-state index in [0.29, 0.717) is 6.04 Å². The molecule has 3 rings (SSSR count). The largest absolute Gasteiger partial charge is 0.365 e.